The highest BCUT2D eigenvalue weighted by molar-refractivity contribution is 8.16. The van der Waals surface area contributed by atoms with E-state index in [1.54, 1.807) is 13.0 Å². The number of aliphatic hydroxyl groups is 1. The number of oxime groups is 1. The molecule has 1 amide bonds. The van der Waals surface area contributed by atoms with Crippen LogP contribution in [0.25, 0.3) is 0 Å². The summed E-state index contributed by atoms with van der Waals surface area (Å²) in [5.41, 5.74) is 4.80. The molecule has 1 aliphatic rings. The van der Waals surface area contributed by atoms with Gasteiger partial charge in [-0.15, -0.1) is 11.8 Å². The van der Waals surface area contributed by atoms with Gasteiger partial charge in [0.1, 0.15) is 28.9 Å². The lowest BCUT2D eigenvalue weighted by atomic mass is 10.1. The molecule has 178 valence electrons. The number of hydrogen-bond acceptors (Lipinski definition) is 10. The summed E-state index contributed by atoms with van der Waals surface area (Å²) in [6.45, 7) is 4.26. The normalized spacial score (nSPS) is 19.4. The molecule has 4 N–H and O–H groups in total. The molecular weight excluding hydrogens is 436 g/mol. The average Bonchev–Trinajstić information content (AvgIpc) is 3.19. The lowest BCUT2D eigenvalue weighted by molar-refractivity contribution is -0.126. The molecule has 0 aliphatic carbocycles. The maximum absolute atomic E-state index is 13.1. The van der Waals surface area contributed by atoms with E-state index in [1.807, 2.05) is 6.92 Å². The Labute approximate surface area is 191 Å². The minimum Gasteiger partial charge on any atom is -0.496 e. The van der Waals surface area contributed by atoms with E-state index in [-0.39, 0.29) is 12.4 Å². The third-order valence-electron chi connectivity index (χ3n) is 4.77. The van der Waals surface area contributed by atoms with E-state index < -0.39 is 23.2 Å². The maximum atomic E-state index is 13.1. The lowest BCUT2D eigenvalue weighted by Crippen LogP contribution is -2.54. The van der Waals surface area contributed by atoms with Gasteiger partial charge in [-0.1, -0.05) is 24.9 Å². The van der Waals surface area contributed by atoms with Crippen LogP contribution < -0.4 is 21.4 Å². The van der Waals surface area contributed by atoms with Gasteiger partial charge in [-0.05, 0) is 26.2 Å². The van der Waals surface area contributed by atoms with Gasteiger partial charge in [-0.3, -0.25) is 10.5 Å². The first-order chi connectivity index (χ1) is 15.3. The number of thioether (sulfide) groups is 1. The molecule has 1 aromatic heterocycles. The van der Waals surface area contributed by atoms with Crippen molar-refractivity contribution in [3.05, 3.63) is 28.3 Å². The molecule has 0 saturated heterocycles. The van der Waals surface area contributed by atoms with Gasteiger partial charge < -0.3 is 24.4 Å². The predicted octanol–water partition coefficient (Wildman–Crippen LogP) is 1.96. The molecule has 0 unspecified atom stereocenters. The smallest absolute Gasteiger partial charge is 0.339 e. The van der Waals surface area contributed by atoms with Gasteiger partial charge in [0.15, 0.2) is 5.66 Å². The molecule has 11 heteroatoms. The van der Waals surface area contributed by atoms with E-state index in [1.165, 1.54) is 24.9 Å². The molecule has 10 nitrogen and oxygen atoms in total. The number of amides is 1. The molecule has 2 heterocycles. The highest BCUT2D eigenvalue weighted by atomic mass is 32.2. The second-order valence-corrected chi connectivity index (χ2v) is 8.42. The standard InChI is InChI=1S/C21H32N4O6S/c1-4-5-8-16(17-11-15(29-3)12-18(27)31-17)23-20(28)21(22)13-32-19(24-21)14(2)25-30-10-7-6-9-26/h11-12,16,26H,4-10,13,22H2,1-3H3,(H,23,28)/b25-14+/t16-,21+/m1/s1. The predicted molar refractivity (Wildman–Crippen MR) is 124 cm³/mol. The first kappa shape index (κ1) is 25.9. The largest absolute Gasteiger partial charge is 0.496 e. The number of methoxy groups -OCH3 is 1. The Morgan fingerprint density at radius 1 is 1.44 bits per heavy atom. The van der Waals surface area contributed by atoms with Gasteiger partial charge in [0, 0.05) is 18.4 Å². The third-order valence-corrected chi connectivity index (χ3v) is 6.02. The van der Waals surface area contributed by atoms with Crippen molar-refractivity contribution in [2.75, 3.05) is 26.1 Å². The molecule has 32 heavy (non-hydrogen) atoms. The van der Waals surface area contributed by atoms with Crippen LogP contribution in [0.2, 0.25) is 0 Å². The molecule has 0 radical (unpaired) electrons. The molecule has 1 aromatic rings. The zero-order chi connectivity index (χ0) is 23.6. The summed E-state index contributed by atoms with van der Waals surface area (Å²) >= 11 is 1.32. The van der Waals surface area contributed by atoms with Gasteiger partial charge in [0.05, 0.1) is 19.2 Å². The molecule has 2 rings (SSSR count). The van der Waals surface area contributed by atoms with Crippen LogP contribution in [0, 0.1) is 0 Å². The van der Waals surface area contributed by atoms with Crippen molar-refractivity contribution < 1.29 is 23.9 Å². The average molecular weight is 469 g/mol. The maximum Gasteiger partial charge on any atom is 0.339 e. The summed E-state index contributed by atoms with van der Waals surface area (Å²) in [5, 5.41) is 16.2. The Balaban J connectivity index is 2.12. The number of ether oxygens (including phenoxy) is 1. The number of carbonyl (C=O) groups excluding carboxylic acids is 1. The highest BCUT2D eigenvalue weighted by Crippen LogP contribution is 2.28. The third kappa shape index (κ3) is 7.35. The van der Waals surface area contributed by atoms with Crippen LogP contribution in [0.5, 0.6) is 5.75 Å². The fourth-order valence-electron chi connectivity index (χ4n) is 2.93. The van der Waals surface area contributed by atoms with Gasteiger partial charge in [-0.2, -0.15) is 0 Å². The number of carbonyl (C=O) groups is 1. The van der Waals surface area contributed by atoms with Gasteiger partial charge >= 0.3 is 5.63 Å². The minimum atomic E-state index is -1.47. The molecule has 0 fully saturated rings. The highest BCUT2D eigenvalue weighted by Gasteiger charge is 2.41. The fourth-order valence-corrected chi connectivity index (χ4v) is 3.95. The second kappa shape index (κ2) is 12.6. The topological polar surface area (TPSA) is 149 Å². The quantitative estimate of drug-likeness (QED) is 0.226. The first-order valence-electron chi connectivity index (χ1n) is 10.6. The van der Waals surface area contributed by atoms with Crippen molar-refractivity contribution in [3.8, 4) is 5.75 Å². The van der Waals surface area contributed by atoms with Crippen molar-refractivity contribution >= 4 is 28.4 Å². The van der Waals surface area contributed by atoms with Crippen LogP contribution in [-0.4, -0.2) is 53.5 Å². The van der Waals surface area contributed by atoms with Crippen molar-refractivity contribution in [3.63, 3.8) is 0 Å². The van der Waals surface area contributed by atoms with E-state index in [4.69, 9.17) is 24.8 Å². The molecule has 2 atom stereocenters. The van der Waals surface area contributed by atoms with Gasteiger partial charge in [0.2, 0.25) is 0 Å². The summed E-state index contributed by atoms with van der Waals surface area (Å²) in [4.78, 5) is 34.5. The van der Waals surface area contributed by atoms with Crippen molar-refractivity contribution in [2.45, 2.75) is 57.7 Å². The summed E-state index contributed by atoms with van der Waals surface area (Å²) in [5.74, 6) is 0.442. The van der Waals surface area contributed by atoms with Crippen LogP contribution in [0.4, 0.5) is 0 Å². The van der Waals surface area contributed by atoms with Crippen LogP contribution >= 0.6 is 11.8 Å². The molecular formula is C21H32N4O6S. The minimum absolute atomic E-state index is 0.109. The van der Waals surface area contributed by atoms with Crippen LogP contribution in [0.15, 0.2) is 31.5 Å². The molecule has 0 bridgehead atoms. The second-order valence-electron chi connectivity index (χ2n) is 7.46. The Morgan fingerprint density at radius 3 is 2.91 bits per heavy atom. The summed E-state index contributed by atoms with van der Waals surface area (Å²) < 4.78 is 10.5. The Kier molecular flexibility index (Phi) is 10.2. The van der Waals surface area contributed by atoms with Crippen LogP contribution in [0.3, 0.4) is 0 Å². The van der Waals surface area contributed by atoms with Crippen molar-refractivity contribution in [1.82, 2.24) is 5.32 Å². The molecule has 0 saturated carbocycles. The van der Waals surface area contributed by atoms with Crippen molar-refractivity contribution in [1.29, 1.82) is 0 Å². The number of rotatable bonds is 13. The van der Waals surface area contributed by atoms with Crippen molar-refractivity contribution in [2.24, 2.45) is 15.9 Å². The lowest BCUT2D eigenvalue weighted by Gasteiger charge is -2.24. The SMILES string of the molecule is CCCC[C@@H](NC(=O)[C@]1(N)CSC(/C(C)=N/OCCCCO)=N1)c1cc(OC)cc(=O)o1. The van der Waals surface area contributed by atoms with Gasteiger partial charge in [0.25, 0.3) is 5.91 Å². The number of nitrogens with one attached hydrogen (secondary N) is 1. The Bertz CT molecular complexity index is 887. The summed E-state index contributed by atoms with van der Waals surface area (Å²) in [6, 6.07) is 2.29. The summed E-state index contributed by atoms with van der Waals surface area (Å²) in [6.07, 6.45) is 3.62. The van der Waals surface area contributed by atoms with Crippen LogP contribution in [0.1, 0.15) is 57.8 Å². The van der Waals surface area contributed by atoms with Crippen LogP contribution in [-0.2, 0) is 9.63 Å². The van der Waals surface area contributed by atoms with E-state index in [0.29, 0.717) is 48.1 Å². The van der Waals surface area contributed by atoms with Gasteiger partial charge in [-0.25, -0.2) is 9.79 Å². The Hall–Kier alpha value is -2.37. The molecule has 0 aromatic carbocycles. The Morgan fingerprint density at radius 2 is 2.22 bits per heavy atom. The number of hydrogen-bond donors (Lipinski definition) is 3. The fraction of sp³-hybridized carbons (Fsp3) is 0.619. The van der Waals surface area contributed by atoms with E-state index in [2.05, 4.69) is 15.5 Å². The number of nitrogens with two attached hydrogens (primary N) is 1. The zero-order valence-electron chi connectivity index (χ0n) is 18.8. The molecule has 0 spiro atoms. The van der Waals surface area contributed by atoms with E-state index in [9.17, 15) is 9.59 Å². The number of aliphatic imine (C=N–C) groups is 1. The number of aliphatic hydroxyl groups excluding tert-OH is 1. The summed E-state index contributed by atoms with van der Waals surface area (Å²) in [7, 11) is 1.46. The first-order valence-corrected chi connectivity index (χ1v) is 11.6. The van der Waals surface area contributed by atoms with E-state index >= 15 is 0 Å². The number of unbranched alkanes of at least 4 members (excludes halogenated alkanes) is 2. The molecule has 1 aliphatic heterocycles. The monoisotopic (exact) mass is 468 g/mol. The van der Waals surface area contributed by atoms with E-state index in [0.717, 1.165) is 12.8 Å². The number of nitrogens with zero attached hydrogens (tertiary/aromatic N) is 2. The zero-order valence-corrected chi connectivity index (χ0v) is 19.6.